The van der Waals surface area contributed by atoms with Gasteiger partial charge in [0.25, 0.3) is 5.91 Å². The summed E-state index contributed by atoms with van der Waals surface area (Å²) in [6, 6.07) is 12.1. The fourth-order valence-electron chi connectivity index (χ4n) is 2.18. The van der Waals surface area contributed by atoms with Crippen LogP contribution in [0.5, 0.6) is 5.75 Å². The highest BCUT2D eigenvalue weighted by Crippen LogP contribution is 2.27. The number of aromatic nitrogens is 2. The van der Waals surface area contributed by atoms with Gasteiger partial charge in [-0.25, -0.2) is 9.97 Å². The normalized spacial score (nSPS) is 10.3. The molecule has 1 aromatic heterocycles. The Labute approximate surface area is 160 Å². The molecule has 1 amide bonds. The van der Waals surface area contributed by atoms with E-state index >= 15 is 0 Å². The number of carbonyl (C=O) groups is 1. The maximum absolute atomic E-state index is 12.3. The van der Waals surface area contributed by atoms with E-state index < -0.39 is 5.91 Å². The van der Waals surface area contributed by atoms with Crippen LogP contribution in [0.3, 0.4) is 0 Å². The molecule has 0 saturated heterocycles. The van der Waals surface area contributed by atoms with Gasteiger partial charge in [0.05, 0.1) is 35.9 Å². The number of benzene rings is 2. The second-order valence-electron chi connectivity index (χ2n) is 5.19. The highest BCUT2D eigenvalue weighted by Gasteiger charge is 2.11. The van der Waals surface area contributed by atoms with Gasteiger partial charge in [-0.1, -0.05) is 35.3 Å². The predicted molar refractivity (Wildman–Crippen MR) is 103 cm³/mol. The maximum Gasteiger partial charge on any atom is 0.275 e. The second kappa shape index (κ2) is 8.03. The molecule has 0 atom stereocenters. The molecule has 1 heterocycles. The summed E-state index contributed by atoms with van der Waals surface area (Å²) in [5, 5.41) is 6.78. The van der Waals surface area contributed by atoms with E-state index in [4.69, 9.17) is 27.9 Å². The number of nitrogens with zero attached hydrogens (tertiary/aromatic N) is 2. The summed E-state index contributed by atoms with van der Waals surface area (Å²) in [6.45, 7) is 0. The maximum atomic E-state index is 12.3. The number of amides is 1. The van der Waals surface area contributed by atoms with Gasteiger partial charge in [-0.2, -0.15) is 0 Å². The van der Waals surface area contributed by atoms with Crippen LogP contribution < -0.4 is 15.4 Å². The first kappa shape index (κ1) is 18.0. The largest absolute Gasteiger partial charge is 0.495 e. The molecule has 8 heteroatoms. The van der Waals surface area contributed by atoms with Gasteiger partial charge in [-0.3, -0.25) is 4.79 Å². The number of halogens is 2. The molecule has 0 radical (unpaired) electrons. The van der Waals surface area contributed by atoms with Crippen molar-refractivity contribution in [2.75, 3.05) is 17.7 Å². The van der Waals surface area contributed by atoms with Crippen molar-refractivity contribution in [3.05, 3.63) is 70.6 Å². The SMILES string of the molecule is COc1ccccc1NC(=O)c1cnc(Nc2cc(Cl)ccc2Cl)cn1. The number of carbonyl (C=O) groups excluding carboxylic acids is 1. The Hall–Kier alpha value is -2.83. The Morgan fingerprint density at radius 1 is 1.04 bits per heavy atom. The lowest BCUT2D eigenvalue weighted by Gasteiger charge is -2.10. The minimum absolute atomic E-state index is 0.165. The number of anilines is 3. The van der Waals surface area contributed by atoms with Crippen LogP contribution in [0.2, 0.25) is 10.0 Å². The molecule has 2 N–H and O–H groups in total. The summed E-state index contributed by atoms with van der Waals surface area (Å²) < 4.78 is 5.20. The van der Waals surface area contributed by atoms with Gasteiger partial charge in [0.15, 0.2) is 0 Å². The fourth-order valence-corrected chi connectivity index (χ4v) is 2.51. The first-order valence-electron chi connectivity index (χ1n) is 7.55. The van der Waals surface area contributed by atoms with E-state index in [0.717, 1.165) is 0 Å². The van der Waals surface area contributed by atoms with Crippen molar-refractivity contribution in [2.45, 2.75) is 0 Å². The Morgan fingerprint density at radius 2 is 1.85 bits per heavy atom. The van der Waals surface area contributed by atoms with Gasteiger partial charge >= 0.3 is 0 Å². The Kier molecular flexibility index (Phi) is 5.55. The molecule has 0 aliphatic carbocycles. The van der Waals surface area contributed by atoms with Gasteiger partial charge in [-0.05, 0) is 30.3 Å². The molecule has 0 aliphatic rings. The van der Waals surface area contributed by atoms with Gasteiger partial charge in [0.1, 0.15) is 17.3 Å². The molecule has 6 nitrogen and oxygen atoms in total. The van der Waals surface area contributed by atoms with Gasteiger partial charge in [-0.15, -0.1) is 0 Å². The van der Waals surface area contributed by atoms with E-state index in [0.29, 0.717) is 33.0 Å². The zero-order chi connectivity index (χ0) is 18.5. The van der Waals surface area contributed by atoms with Crippen LogP contribution in [-0.2, 0) is 0 Å². The van der Waals surface area contributed by atoms with Crippen LogP contribution in [0, 0.1) is 0 Å². The lowest BCUT2D eigenvalue weighted by atomic mass is 10.3. The number of methoxy groups -OCH3 is 1. The van der Waals surface area contributed by atoms with Crippen molar-refractivity contribution in [3.8, 4) is 5.75 Å². The average Bonchev–Trinajstić information content (AvgIpc) is 2.65. The lowest BCUT2D eigenvalue weighted by Crippen LogP contribution is -2.14. The number of para-hydroxylation sites is 2. The number of nitrogens with one attached hydrogen (secondary N) is 2. The summed E-state index contributed by atoms with van der Waals surface area (Å²) in [7, 11) is 1.53. The average molecular weight is 389 g/mol. The summed E-state index contributed by atoms with van der Waals surface area (Å²) in [6.07, 6.45) is 2.81. The van der Waals surface area contributed by atoms with Crippen molar-refractivity contribution in [1.29, 1.82) is 0 Å². The second-order valence-corrected chi connectivity index (χ2v) is 6.03. The van der Waals surface area contributed by atoms with Crippen molar-refractivity contribution in [1.82, 2.24) is 9.97 Å². The third kappa shape index (κ3) is 4.22. The zero-order valence-corrected chi connectivity index (χ0v) is 15.2. The molecule has 3 aromatic rings. The van der Waals surface area contributed by atoms with E-state index in [1.807, 2.05) is 6.07 Å². The van der Waals surface area contributed by atoms with E-state index in [1.54, 1.807) is 36.4 Å². The van der Waals surface area contributed by atoms with Crippen LogP contribution >= 0.6 is 23.2 Å². The minimum atomic E-state index is -0.394. The van der Waals surface area contributed by atoms with E-state index in [1.165, 1.54) is 19.5 Å². The monoisotopic (exact) mass is 388 g/mol. The van der Waals surface area contributed by atoms with Crippen molar-refractivity contribution >= 4 is 46.3 Å². The highest BCUT2D eigenvalue weighted by atomic mass is 35.5. The molecule has 26 heavy (non-hydrogen) atoms. The van der Waals surface area contributed by atoms with E-state index in [-0.39, 0.29) is 5.69 Å². The highest BCUT2D eigenvalue weighted by molar-refractivity contribution is 6.35. The first-order chi connectivity index (χ1) is 12.6. The minimum Gasteiger partial charge on any atom is -0.495 e. The van der Waals surface area contributed by atoms with Crippen molar-refractivity contribution < 1.29 is 9.53 Å². The Balaban J connectivity index is 1.73. The number of ether oxygens (including phenoxy) is 1. The molecule has 132 valence electrons. The fraction of sp³-hybridized carbons (Fsp3) is 0.0556. The molecule has 0 fully saturated rings. The van der Waals surface area contributed by atoms with Gasteiger partial charge < -0.3 is 15.4 Å². The molecule has 0 unspecified atom stereocenters. The van der Waals surface area contributed by atoms with Crippen LogP contribution in [0.4, 0.5) is 17.2 Å². The van der Waals surface area contributed by atoms with Gasteiger partial charge in [0.2, 0.25) is 0 Å². The standard InChI is InChI=1S/C18H14Cl2N4O2/c1-26-16-5-3-2-4-13(16)24-18(25)15-9-22-17(10-21-15)23-14-8-11(19)6-7-12(14)20/h2-10H,1H3,(H,22,23)(H,24,25). The Morgan fingerprint density at radius 3 is 2.58 bits per heavy atom. The molecule has 2 aromatic carbocycles. The quantitative estimate of drug-likeness (QED) is 0.656. The molecular formula is C18H14Cl2N4O2. The molecule has 0 saturated carbocycles. The third-order valence-corrected chi connectivity index (χ3v) is 4.00. The number of hydrogen-bond acceptors (Lipinski definition) is 5. The third-order valence-electron chi connectivity index (χ3n) is 3.43. The molecule has 0 aliphatic heterocycles. The number of hydrogen-bond donors (Lipinski definition) is 2. The molecular weight excluding hydrogens is 375 g/mol. The van der Waals surface area contributed by atoms with Crippen molar-refractivity contribution in [3.63, 3.8) is 0 Å². The van der Waals surface area contributed by atoms with Crippen LogP contribution in [0.1, 0.15) is 10.5 Å². The van der Waals surface area contributed by atoms with Crippen LogP contribution in [-0.4, -0.2) is 23.0 Å². The van der Waals surface area contributed by atoms with Gasteiger partial charge in [0, 0.05) is 5.02 Å². The summed E-state index contributed by atoms with van der Waals surface area (Å²) in [4.78, 5) is 20.6. The molecule has 0 spiro atoms. The predicted octanol–water partition coefficient (Wildman–Crippen LogP) is 4.79. The summed E-state index contributed by atoms with van der Waals surface area (Å²) >= 11 is 12.1. The number of rotatable bonds is 5. The van der Waals surface area contributed by atoms with E-state index in [2.05, 4.69) is 20.6 Å². The topological polar surface area (TPSA) is 76.1 Å². The summed E-state index contributed by atoms with van der Waals surface area (Å²) in [5.41, 5.74) is 1.31. The van der Waals surface area contributed by atoms with Crippen LogP contribution in [0.25, 0.3) is 0 Å². The van der Waals surface area contributed by atoms with Crippen molar-refractivity contribution in [2.24, 2.45) is 0 Å². The summed E-state index contributed by atoms with van der Waals surface area (Å²) in [5.74, 6) is 0.597. The van der Waals surface area contributed by atoms with E-state index in [9.17, 15) is 4.79 Å². The lowest BCUT2D eigenvalue weighted by molar-refractivity contribution is 0.102. The smallest absolute Gasteiger partial charge is 0.275 e. The van der Waals surface area contributed by atoms with Crippen LogP contribution in [0.15, 0.2) is 54.9 Å². The first-order valence-corrected chi connectivity index (χ1v) is 8.31. The molecule has 0 bridgehead atoms. The Bertz CT molecular complexity index is 933. The molecule has 3 rings (SSSR count). The zero-order valence-electron chi connectivity index (χ0n) is 13.7.